The minimum atomic E-state index is -1.31. The second-order valence-electron chi connectivity index (χ2n) is 9.26. The summed E-state index contributed by atoms with van der Waals surface area (Å²) < 4.78 is 22.5. The van der Waals surface area contributed by atoms with Gasteiger partial charge in [0.05, 0.1) is 27.2 Å². The molecule has 2 aromatic rings. The van der Waals surface area contributed by atoms with Crippen molar-refractivity contribution in [2.75, 3.05) is 32.3 Å². The molecule has 9 nitrogen and oxygen atoms in total. The summed E-state index contributed by atoms with van der Waals surface area (Å²) in [6, 6.07) is 10.3. The molecular weight excluding hydrogens is 490 g/mol. The first-order valence-corrected chi connectivity index (χ1v) is 11.7. The maximum absolute atomic E-state index is 13.7. The number of para-hydroxylation sites is 1. The van der Waals surface area contributed by atoms with Crippen molar-refractivity contribution in [2.24, 2.45) is 5.41 Å². The standard InChI is InChI=1S/C26H30ClNO8/c1-15(29)35-14-26(2,3)13-28-19-10-9-16(27)11-18(19)23(36-21(25(28)32)12-22(30)31)17-7-6-8-20(33-4)24(17)34-5/h6-11,21,23H,12-14H2,1-5H3,(H,30,31). The lowest BCUT2D eigenvalue weighted by molar-refractivity contribution is -0.147. The molecule has 0 fully saturated rings. The van der Waals surface area contributed by atoms with Gasteiger partial charge >= 0.3 is 11.9 Å². The lowest BCUT2D eigenvalue weighted by Gasteiger charge is -2.33. The summed E-state index contributed by atoms with van der Waals surface area (Å²) in [5, 5.41) is 9.98. The lowest BCUT2D eigenvalue weighted by atomic mass is 9.92. The fraction of sp³-hybridized carbons (Fsp3) is 0.423. The van der Waals surface area contributed by atoms with Crippen molar-refractivity contribution in [1.29, 1.82) is 0 Å². The minimum absolute atomic E-state index is 0.0621. The van der Waals surface area contributed by atoms with Crippen LogP contribution in [0.5, 0.6) is 11.5 Å². The minimum Gasteiger partial charge on any atom is -0.493 e. The number of hydrogen-bond acceptors (Lipinski definition) is 7. The average molecular weight is 520 g/mol. The number of benzene rings is 2. The molecule has 0 spiro atoms. The molecule has 0 saturated carbocycles. The van der Waals surface area contributed by atoms with Crippen LogP contribution in [0.25, 0.3) is 0 Å². The fourth-order valence-corrected chi connectivity index (χ4v) is 4.34. The predicted molar refractivity (Wildman–Crippen MR) is 133 cm³/mol. The Hall–Kier alpha value is -3.30. The summed E-state index contributed by atoms with van der Waals surface area (Å²) >= 11 is 6.37. The van der Waals surface area contributed by atoms with Crippen LogP contribution in [-0.2, 0) is 23.9 Å². The molecule has 36 heavy (non-hydrogen) atoms. The molecule has 194 valence electrons. The number of nitrogens with zero attached hydrogens (tertiary/aromatic N) is 1. The number of rotatable bonds is 9. The average Bonchev–Trinajstić information content (AvgIpc) is 2.92. The zero-order valence-corrected chi connectivity index (χ0v) is 21.6. The molecule has 0 aliphatic carbocycles. The lowest BCUT2D eigenvalue weighted by Crippen LogP contribution is -2.46. The van der Waals surface area contributed by atoms with E-state index in [0.29, 0.717) is 33.3 Å². The number of carboxylic acids is 1. The molecule has 0 radical (unpaired) electrons. The molecule has 0 bridgehead atoms. The largest absolute Gasteiger partial charge is 0.493 e. The molecule has 10 heteroatoms. The van der Waals surface area contributed by atoms with E-state index in [1.807, 2.05) is 13.8 Å². The Kier molecular flexibility index (Phi) is 8.47. The summed E-state index contributed by atoms with van der Waals surface area (Å²) in [7, 11) is 2.99. The first-order valence-electron chi connectivity index (χ1n) is 11.3. The summed E-state index contributed by atoms with van der Waals surface area (Å²) in [4.78, 5) is 38.3. The molecule has 0 saturated heterocycles. The number of amides is 1. The van der Waals surface area contributed by atoms with Crippen LogP contribution in [0.1, 0.15) is 44.4 Å². The predicted octanol–water partition coefficient (Wildman–Crippen LogP) is 4.24. The van der Waals surface area contributed by atoms with Crippen molar-refractivity contribution in [1.82, 2.24) is 0 Å². The molecule has 1 heterocycles. The Balaban J connectivity index is 2.20. The summed E-state index contributed by atoms with van der Waals surface area (Å²) in [5.41, 5.74) is 0.950. The zero-order chi connectivity index (χ0) is 26.6. The highest BCUT2D eigenvalue weighted by Gasteiger charge is 2.41. The van der Waals surface area contributed by atoms with Gasteiger partial charge in [-0.05, 0) is 24.3 Å². The Labute approximate surface area is 214 Å². The van der Waals surface area contributed by atoms with Gasteiger partial charge in [-0.15, -0.1) is 0 Å². The summed E-state index contributed by atoms with van der Waals surface area (Å²) in [6.07, 6.45) is -2.75. The third kappa shape index (κ3) is 6.09. The highest BCUT2D eigenvalue weighted by molar-refractivity contribution is 6.30. The number of carboxylic acid groups (broad SMARTS) is 1. The van der Waals surface area contributed by atoms with E-state index < -0.39 is 41.9 Å². The van der Waals surface area contributed by atoms with Crippen LogP contribution in [0.2, 0.25) is 5.02 Å². The Morgan fingerprint density at radius 1 is 1.14 bits per heavy atom. The highest BCUT2D eigenvalue weighted by atomic mass is 35.5. The van der Waals surface area contributed by atoms with E-state index in [0.717, 1.165) is 0 Å². The number of methoxy groups -OCH3 is 2. The fourth-order valence-electron chi connectivity index (χ4n) is 4.16. The number of fused-ring (bicyclic) bond motifs is 1. The van der Waals surface area contributed by atoms with Crippen LogP contribution in [0, 0.1) is 5.41 Å². The number of ether oxygens (including phenoxy) is 4. The number of carbonyl (C=O) groups is 3. The monoisotopic (exact) mass is 519 g/mol. The van der Waals surface area contributed by atoms with Crippen molar-refractivity contribution in [2.45, 2.75) is 39.4 Å². The van der Waals surface area contributed by atoms with Gasteiger partial charge < -0.3 is 29.0 Å². The van der Waals surface area contributed by atoms with Crippen LogP contribution in [-0.4, -0.2) is 56.4 Å². The SMILES string of the molecule is COc1cccc(C2OC(CC(=O)O)C(=O)N(CC(C)(C)COC(C)=O)c3ccc(Cl)cc32)c1OC. The molecular formula is C26H30ClNO8. The number of hydrogen-bond donors (Lipinski definition) is 1. The second-order valence-corrected chi connectivity index (χ2v) is 9.69. The van der Waals surface area contributed by atoms with Gasteiger partial charge in [0.1, 0.15) is 12.2 Å². The second kappa shape index (κ2) is 11.2. The molecule has 1 amide bonds. The van der Waals surface area contributed by atoms with Gasteiger partial charge in [0, 0.05) is 40.7 Å². The van der Waals surface area contributed by atoms with Crippen LogP contribution in [0.3, 0.4) is 0 Å². The number of anilines is 1. The topological polar surface area (TPSA) is 112 Å². The number of aliphatic carboxylic acids is 1. The van der Waals surface area contributed by atoms with Gasteiger partial charge in [0.2, 0.25) is 0 Å². The van der Waals surface area contributed by atoms with Crippen LogP contribution in [0.4, 0.5) is 5.69 Å². The number of carbonyl (C=O) groups excluding carboxylic acids is 2. The van der Waals surface area contributed by atoms with Gasteiger partial charge in [-0.2, -0.15) is 0 Å². The zero-order valence-electron chi connectivity index (χ0n) is 20.9. The maximum atomic E-state index is 13.7. The summed E-state index contributed by atoms with van der Waals surface area (Å²) in [6.45, 7) is 5.20. The van der Waals surface area contributed by atoms with E-state index in [1.165, 1.54) is 26.0 Å². The molecule has 2 aromatic carbocycles. The van der Waals surface area contributed by atoms with Gasteiger partial charge in [-0.25, -0.2) is 0 Å². The number of halogens is 1. The third-order valence-electron chi connectivity index (χ3n) is 5.73. The van der Waals surface area contributed by atoms with E-state index in [2.05, 4.69) is 0 Å². The summed E-state index contributed by atoms with van der Waals surface area (Å²) in [5.74, 6) is -1.31. The van der Waals surface area contributed by atoms with Crippen LogP contribution in [0.15, 0.2) is 36.4 Å². The van der Waals surface area contributed by atoms with Gasteiger partial charge in [0.15, 0.2) is 11.5 Å². The molecule has 3 rings (SSSR count). The molecule has 1 aliphatic heterocycles. The van der Waals surface area contributed by atoms with E-state index in [-0.39, 0.29) is 13.2 Å². The van der Waals surface area contributed by atoms with Crippen molar-refractivity contribution >= 4 is 35.1 Å². The molecule has 2 atom stereocenters. The molecule has 1 N–H and O–H groups in total. The quantitative estimate of drug-likeness (QED) is 0.489. The maximum Gasteiger partial charge on any atom is 0.306 e. The van der Waals surface area contributed by atoms with Crippen molar-refractivity contribution in [3.8, 4) is 11.5 Å². The molecule has 0 aromatic heterocycles. The Morgan fingerprint density at radius 3 is 2.47 bits per heavy atom. The first kappa shape index (κ1) is 27.3. The van der Waals surface area contributed by atoms with Crippen LogP contribution >= 0.6 is 11.6 Å². The van der Waals surface area contributed by atoms with Crippen molar-refractivity contribution in [3.63, 3.8) is 0 Å². The van der Waals surface area contributed by atoms with Gasteiger partial charge in [0.25, 0.3) is 5.91 Å². The van der Waals surface area contributed by atoms with Crippen molar-refractivity contribution < 1.29 is 38.4 Å². The number of esters is 1. The van der Waals surface area contributed by atoms with Crippen LogP contribution < -0.4 is 14.4 Å². The van der Waals surface area contributed by atoms with E-state index in [1.54, 1.807) is 36.4 Å². The highest BCUT2D eigenvalue weighted by Crippen LogP contribution is 2.45. The Bertz CT molecular complexity index is 1150. The first-order chi connectivity index (χ1) is 17.0. The Morgan fingerprint density at radius 2 is 1.86 bits per heavy atom. The third-order valence-corrected chi connectivity index (χ3v) is 5.97. The van der Waals surface area contributed by atoms with Crippen molar-refractivity contribution in [3.05, 3.63) is 52.5 Å². The van der Waals surface area contributed by atoms with Gasteiger partial charge in [-0.1, -0.05) is 37.6 Å². The van der Waals surface area contributed by atoms with E-state index in [9.17, 15) is 19.5 Å². The van der Waals surface area contributed by atoms with Gasteiger partial charge in [-0.3, -0.25) is 14.4 Å². The van der Waals surface area contributed by atoms with E-state index in [4.69, 9.17) is 30.5 Å². The van der Waals surface area contributed by atoms with E-state index >= 15 is 0 Å². The molecule has 1 aliphatic rings. The smallest absolute Gasteiger partial charge is 0.306 e. The normalized spacial score (nSPS) is 17.7. The molecule has 2 unspecified atom stereocenters.